The molecule has 6 atom stereocenters. The fourth-order valence-electron chi connectivity index (χ4n) is 8.61. The number of hydrogen-bond donors (Lipinski definition) is 1. The zero-order chi connectivity index (χ0) is 24.8. The van der Waals surface area contributed by atoms with Crippen LogP contribution in [0.1, 0.15) is 63.6 Å². The Morgan fingerprint density at radius 2 is 1.78 bits per heavy atom. The third kappa shape index (κ3) is 2.97. The lowest BCUT2D eigenvalue weighted by molar-refractivity contribution is -0.0169. The van der Waals surface area contributed by atoms with Crippen molar-refractivity contribution in [2.45, 2.75) is 70.3 Å². The molecule has 7 rings (SSSR count). The van der Waals surface area contributed by atoms with Crippen molar-refractivity contribution < 1.29 is 5.11 Å². The minimum absolute atomic E-state index is 0.0679. The van der Waals surface area contributed by atoms with E-state index < -0.39 is 0 Å². The summed E-state index contributed by atoms with van der Waals surface area (Å²) < 4.78 is 1.96. The van der Waals surface area contributed by atoms with E-state index in [2.05, 4.69) is 73.3 Å². The summed E-state index contributed by atoms with van der Waals surface area (Å²) in [6.45, 7) is 4.98. The number of fused-ring (bicyclic) bond motifs is 8. The fourth-order valence-corrected chi connectivity index (χ4v) is 8.61. The highest BCUT2D eigenvalue weighted by molar-refractivity contribution is 5.70. The van der Waals surface area contributed by atoms with Crippen molar-refractivity contribution in [1.29, 1.82) is 0 Å². The van der Waals surface area contributed by atoms with Crippen molar-refractivity contribution in [1.82, 2.24) is 19.6 Å². The summed E-state index contributed by atoms with van der Waals surface area (Å²) in [6, 6.07) is 8.83. The van der Waals surface area contributed by atoms with Crippen LogP contribution in [-0.2, 0) is 11.8 Å². The van der Waals surface area contributed by atoms with Crippen LogP contribution < -0.4 is 4.90 Å². The maximum absolute atomic E-state index is 10.4. The Hall–Kier alpha value is -2.73. The highest BCUT2D eigenvalue weighted by atomic mass is 16.3. The maximum atomic E-state index is 10.4. The Morgan fingerprint density at radius 3 is 2.56 bits per heavy atom. The lowest BCUT2D eigenvalue weighted by atomic mass is 9.48. The summed E-state index contributed by atoms with van der Waals surface area (Å²) in [5.41, 5.74) is 8.03. The standard InChI is InChI=1S/C30H37N5O/c1-29-13-11-21(36)15-19(29)7-10-22-24(29)12-14-30(2)25(22)16-23-26(18-5-8-20(9-6-18)34(3)4)35-28(31-17-32-35)33-27(23)30/h5-9,17,21-22,24-25,36H,10-16H2,1-4H3/t21-,22?,24?,25?,29-,30-/m0/s1. The van der Waals surface area contributed by atoms with Crippen molar-refractivity contribution in [3.8, 4) is 11.3 Å². The molecule has 0 radical (unpaired) electrons. The van der Waals surface area contributed by atoms with Gasteiger partial charge in [-0.2, -0.15) is 14.6 Å². The predicted octanol–water partition coefficient (Wildman–Crippen LogP) is 5.19. The molecule has 188 valence electrons. The van der Waals surface area contributed by atoms with Gasteiger partial charge in [0.05, 0.1) is 17.5 Å². The molecule has 1 N–H and O–H groups in total. The number of aromatic nitrogens is 4. The number of allylic oxidation sites excluding steroid dienone is 1. The van der Waals surface area contributed by atoms with Gasteiger partial charge in [0.2, 0.25) is 0 Å². The van der Waals surface area contributed by atoms with E-state index in [1.165, 1.54) is 46.6 Å². The van der Waals surface area contributed by atoms with Gasteiger partial charge in [0, 0.05) is 36.3 Å². The van der Waals surface area contributed by atoms with Crippen molar-refractivity contribution in [3.05, 3.63) is 53.5 Å². The first-order valence-electron chi connectivity index (χ1n) is 13.7. The molecule has 6 nitrogen and oxygen atoms in total. The lowest BCUT2D eigenvalue weighted by Gasteiger charge is -2.57. The fraction of sp³-hybridized carbons (Fsp3) is 0.567. The first kappa shape index (κ1) is 22.5. The molecule has 2 heterocycles. The van der Waals surface area contributed by atoms with Gasteiger partial charge in [0.15, 0.2) is 0 Å². The molecule has 0 amide bonds. The molecular formula is C30H37N5O. The second kappa shape index (κ2) is 7.64. The van der Waals surface area contributed by atoms with Crippen molar-refractivity contribution in [3.63, 3.8) is 0 Å². The van der Waals surface area contributed by atoms with E-state index in [1.807, 2.05) is 4.52 Å². The van der Waals surface area contributed by atoms with Gasteiger partial charge in [-0.1, -0.05) is 37.6 Å². The van der Waals surface area contributed by atoms with Crippen LogP contribution in [0.25, 0.3) is 17.0 Å². The van der Waals surface area contributed by atoms with E-state index in [0.29, 0.717) is 23.5 Å². The lowest BCUT2D eigenvalue weighted by Crippen LogP contribution is -2.51. The summed E-state index contributed by atoms with van der Waals surface area (Å²) in [5.74, 6) is 2.64. The average molecular weight is 484 g/mol. The molecule has 0 aliphatic heterocycles. The van der Waals surface area contributed by atoms with Crippen LogP contribution in [0.3, 0.4) is 0 Å². The van der Waals surface area contributed by atoms with Gasteiger partial charge in [0.25, 0.3) is 5.78 Å². The summed E-state index contributed by atoms with van der Waals surface area (Å²) >= 11 is 0. The van der Waals surface area contributed by atoms with Gasteiger partial charge in [-0.25, -0.2) is 4.98 Å². The quantitative estimate of drug-likeness (QED) is 0.508. The first-order valence-corrected chi connectivity index (χ1v) is 13.7. The van der Waals surface area contributed by atoms with Crippen molar-refractivity contribution >= 4 is 11.5 Å². The molecule has 2 fully saturated rings. The Bertz CT molecular complexity index is 1370. The molecule has 3 aromatic rings. The zero-order valence-electron chi connectivity index (χ0n) is 21.9. The Balaban J connectivity index is 1.34. The number of benzene rings is 1. The third-order valence-electron chi connectivity index (χ3n) is 10.6. The van der Waals surface area contributed by atoms with Gasteiger partial charge in [0.1, 0.15) is 6.33 Å². The van der Waals surface area contributed by atoms with Crippen LogP contribution in [0.5, 0.6) is 0 Å². The van der Waals surface area contributed by atoms with E-state index in [-0.39, 0.29) is 16.9 Å². The molecule has 0 spiro atoms. The Morgan fingerprint density at radius 1 is 1.00 bits per heavy atom. The predicted molar refractivity (Wildman–Crippen MR) is 142 cm³/mol. The molecule has 6 heteroatoms. The van der Waals surface area contributed by atoms with Crippen LogP contribution in [0.15, 0.2) is 42.2 Å². The molecule has 4 aliphatic carbocycles. The zero-order valence-corrected chi connectivity index (χ0v) is 21.9. The summed E-state index contributed by atoms with van der Waals surface area (Å²) in [5, 5.41) is 15.0. The molecule has 2 saturated carbocycles. The van der Waals surface area contributed by atoms with E-state index >= 15 is 0 Å². The van der Waals surface area contributed by atoms with Crippen LogP contribution >= 0.6 is 0 Å². The van der Waals surface area contributed by atoms with E-state index in [0.717, 1.165) is 32.1 Å². The van der Waals surface area contributed by atoms with E-state index in [1.54, 1.807) is 6.33 Å². The van der Waals surface area contributed by atoms with Gasteiger partial charge in [-0.15, -0.1) is 0 Å². The van der Waals surface area contributed by atoms with Crippen LogP contribution in [0.2, 0.25) is 0 Å². The van der Waals surface area contributed by atoms with E-state index in [4.69, 9.17) is 4.98 Å². The average Bonchev–Trinajstić information content (AvgIpc) is 3.45. The molecule has 0 bridgehead atoms. The smallest absolute Gasteiger partial charge is 0.252 e. The van der Waals surface area contributed by atoms with Gasteiger partial charge >= 0.3 is 0 Å². The molecular weight excluding hydrogens is 446 g/mol. The van der Waals surface area contributed by atoms with E-state index in [9.17, 15) is 5.11 Å². The molecule has 0 saturated heterocycles. The van der Waals surface area contributed by atoms with Crippen LogP contribution in [0, 0.1) is 23.2 Å². The summed E-state index contributed by atoms with van der Waals surface area (Å²) in [4.78, 5) is 11.9. The SMILES string of the molecule is CN(C)c1ccc(-c2c3c(nc4ncnn24)[C@@]2(C)CCC4C(CC=C5C[C@@H](O)CC[C@@]54C)C2C3)cc1. The number of anilines is 1. The number of aliphatic hydroxyl groups excluding tert-OH is 1. The normalized spacial score (nSPS) is 35.0. The van der Waals surface area contributed by atoms with Gasteiger partial charge < -0.3 is 10.0 Å². The number of aliphatic hydroxyl groups is 1. The van der Waals surface area contributed by atoms with Crippen molar-refractivity contribution in [2.24, 2.45) is 23.2 Å². The highest BCUT2D eigenvalue weighted by Crippen LogP contribution is 2.64. The Kier molecular flexibility index (Phi) is 4.77. The highest BCUT2D eigenvalue weighted by Gasteiger charge is 2.58. The monoisotopic (exact) mass is 483 g/mol. The van der Waals surface area contributed by atoms with Crippen LogP contribution in [-0.4, -0.2) is 44.9 Å². The minimum Gasteiger partial charge on any atom is -0.393 e. The first-order chi connectivity index (χ1) is 17.3. The number of hydrogen-bond acceptors (Lipinski definition) is 5. The maximum Gasteiger partial charge on any atom is 0.252 e. The topological polar surface area (TPSA) is 66.6 Å². The number of rotatable bonds is 2. The van der Waals surface area contributed by atoms with Gasteiger partial charge in [-0.3, -0.25) is 0 Å². The summed E-state index contributed by atoms with van der Waals surface area (Å²) in [7, 11) is 4.16. The second-order valence-corrected chi connectivity index (χ2v) is 12.5. The summed E-state index contributed by atoms with van der Waals surface area (Å²) in [6.07, 6.45) is 11.5. The van der Waals surface area contributed by atoms with Crippen LogP contribution in [0.4, 0.5) is 5.69 Å². The third-order valence-corrected chi connectivity index (χ3v) is 10.6. The molecule has 4 aliphatic rings. The molecule has 36 heavy (non-hydrogen) atoms. The largest absolute Gasteiger partial charge is 0.393 e. The van der Waals surface area contributed by atoms with Gasteiger partial charge in [-0.05, 0) is 80.2 Å². The molecule has 3 unspecified atom stereocenters. The second-order valence-electron chi connectivity index (χ2n) is 12.5. The van der Waals surface area contributed by atoms with Crippen molar-refractivity contribution in [2.75, 3.05) is 19.0 Å². The number of nitrogens with zero attached hydrogens (tertiary/aromatic N) is 5. The Labute approximate surface area is 213 Å². The molecule has 1 aromatic carbocycles. The molecule has 2 aromatic heterocycles. The minimum atomic E-state index is -0.153.